The number of hydrogen-bond acceptors (Lipinski definition) is 2. The monoisotopic (exact) mass is 283 g/mol. The molecule has 2 unspecified atom stereocenters. The van der Waals surface area contributed by atoms with E-state index >= 15 is 0 Å². The van der Waals surface area contributed by atoms with Gasteiger partial charge in [-0.15, -0.1) is 0 Å². The van der Waals surface area contributed by atoms with E-state index in [9.17, 15) is 9.50 Å². The van der Waals surface area contributed by atoms with Gasteiger partial charge >= 0.3 is 0 Å². The van der Waals surface area contributed by atoms with E-state index in [0.717, 1.165) is 32.4 Å². The second-order valence-electron chi connectivity index (χ2n) is 5.79. The van der Waals surface area contributed by atoms with Gasteiger partial charge in [0.25, 0.3) is 0 Å². The minimum Gasteiger partial charge on any atom is -0.388 e. The Kier molecular flexibility index (Phi) is 3.54. The van der Waals surface area contributed by atoms with Crippen LogP contribution in [-0.2, 0) is 6.42 Å². The zero-order chi connectivity index (χ0) is 13.5. The van der Waals surface area contributed by atoms with Crippen molar-refractivity contribution in [1.29, 1.82) is 0 Å². The highest BCUT2D eigenvalue weighted by molar-refractivity contribution is 6.30. The second-order valence-corrected chi connectivity index (χ2v) is 6.20. The van der Waals surface area contributed by atoms with E-state index in [1.165, 1.54) is 6.42 Å². The highest BCUT2D eigenvalue weighted by Crippen LogP contribution is 2.38. The van der Waals surface area contributed by atoms with E-state index in [4.69, 9.17) is 11.6 Å². The third-order valence-electron chi connectivity index (χ3n) is 4.59. The zero-order valence-electron chi connectivity index (χ0n) is 10.9. The van der Waals surface area contributed by atoms with Crippen molar-refractivity contribution in [2.45, 2.75) is 43.7 Å². The molecule has 2 fully saturated rings. The van der Waals surface area contributed by atoms with Crippen molar-refractivity contribution in [3.8, 4) is 0 Å². The molecule has 0 saturated carbocycles. The maximum atomic E-state index is 14.0. The smallest absolute Gasteiger partial charge is 0.145 e. The highest BCUT2D eigenvalue weighted by atomic mass is 35.5. The summed E-state index contributed by atoms with van der Waals surface area (Å²) in [5.74, 6) is -0.383. The lowest BCUT2D eigenvalue weighted by Crippen LogP contribution is -2.48. The minimum absolute atomic E-state index is 0.139. The molecule has 0 aromatic heterocycles. The van der Waals surface area contributed by atoms with Gasteiger partial charge in [-0.05, 0) is 37.4 Å². The molecule has 2 aliphatic heterocycles. The zero-order valence-corrected chi connectivity index (χ0v) is 11.7. The predicted molar refractivity (Wildman–Crippen MR) is 73.9 cm³/mol. The Hall–Kier alpha value is -0.640. The largest absolute Gasteiger partial charge is 0.388 e. The van der Waals surface area contributed by atoms with Crippen LogP contribution in [-0.4, -0.2) is 34.7 Å². The number of rotatable bonds is 2. The molecular formula is C15H19ClFNO. The molecule has 3 rings (SSSR count). The summed E-state index contributed by atoms with van der Waals surface area (Å²) in [6, 6.07) is 5.20. The molecule has 2 heterocycles. The molecule has 0 spiro atoms. The van der Waals surface area contributed by atoms with Gasteiger partial charge < -0.3 is 5.11 Å². The van der Waals surface area contributed by atoms with E-state index in [1.807, 2.05) is 0 Å². The summed E-state index contributed by atoms with van der Waals surface area (Å²) in [5.41, 5.74) is -0.270. The molecule has 0 radical (unpaired) electrons. The molecule has 104 valence electrons. The number of aliphatic hydroxyl groups is 1. The van der Waals surface area contributed by atoms with Gasteiger partial charge in [-0.2, -0.15) is 0 Å². The van der Waals surface area contributed by atoms with E-state index in [-0.39, 0.29) is 16.9 Å². The summed E-state index contributed by atoms with van der Waals surface area (Å²) < 4.78 is 14.0. The first-order valence-corrected chi connectivity index (χ1v) is 7.37. The Bertz CT molecular complexity index is 481. The number of piperidine rings is 1. The van der Waals surface area contributed by atoms with Crippen LogP contribution in [0.15, 0.2) is 18.2 Å². The van der Waals surface area contributed by atoms with Crippen LogP contribution in [0.25, 0.3) is 0 Å². The summed E-state index contributed by atoms with van der Waals surface area (Å²) in [7, 11) is 0. The molecule has 1 aromatic rings. The van der Waals surface area contributed by atoms with Crippen LogP contribution in [0.2, 0.25) is 5.02 Å². The Balaban J connectivity index is 1.83. The Labute approximate surface area is 118 Å². The predicted octanol–water partition coefficient (Wildman–Crippen LogP) is 3.01. The van der Waals surface area contributed by atoms with Gasteiger partial charge in [0, 0.05) is 19.0 Å². The molecule has 0 amide bonds. The molecule has 19 heavy (non-hydrogen) atoms. The fourth-order valence-corrected chi connectivity index (χ4v) is 3.79. The molecule has 1 N–H and O–H groups in total. The fraction of sp³-hybridized carbons (Fsp3) is 0.600. The van der Waals surface area contributed by atoms with Crippen molar-refractivity contribution in [3.05, 3.63) is 34.6 Å². The van der Waals surface area contributed by atoms with Crippen LogP contribution in [0.3, 0.4) is 0 Å². The minimum atomic E-state index is -0.800. The van der Waals surface area contributed by atoms with Crippen molar-refractivity contribution in [3.63, 3.8) is 0 Å². The van der Waals surface area contributed by atoms with Crippen LogP contribution in [0.4, 0.5) is 4.39 Å². The Morgan fingerprint density at radius 3 is 3.05 bits per heavy atom. The van der Waals surface area contributed by atoms with Gasteiger partial charge in [0.15, 0.2) is 0 Å². The summed E-state index contributed by atoms with van der Waals surface area (Å²) in [6.07, 6.45) is 4.46. The van der Waals surface area contributed by atoms with Crippen molar-refractivity contribution in [2.24, 2.45) is 0 Å². The highest BCUT2D eigenvalue weighted by Gasteiger charge is 2.46. The number of benzene rings is 1. The molecule has 2 atom stereocenters. The van der Waals surface area contributed by atoms with E-state index in [1.54, 1.807) is 18.2 Å². The lowest BCUT2D eigenvalue weighted by Gasteiger charge is -2.37. The van der Waals surface area contributed by atoms with Gasteiger partial charge in [-0.1, -0.05) is 30.2 Å². The molecule has 4 heteroatoms. The van der Waals surface area contributed by atoms with Crippen LogP contribution < -0.4 is 0 Å². The molecule has 2 saturated heterocycles. The normalized spacial score (nSPS) is 31.4. The van der Waals surface area contributed by atoms with Crippen molar-refractivity contribution < 1.29 is 9.50 Å². The third kappa shape index (κ3) is 2.39. The van der Waals surface area contributed by atoms with Crippen molar-refractivity contribution in [1.82, 2.24) is 4.90 Å². The van der Waals surface area contributed by atoms with Crippen LogP contribution in [0.1, 0.15) is 31.2 Å². The van der Waals surface area contributed by atoms with Gasteiger partial charge in [-0.3, -0.25) is 4.90 Å². The number of nitrogens with zero attached hydrogens (tertiary/aromatic N) is 1. The maximum Gasteiger partial charge on any atom is 0.145 e. The molecular weight excluding hydrogens is 265 g/mol. The summed E-state index contributed by atoms with van der Waals surface area (Å²) >= 11 is 5.82. The number of fused-ring (bicyclic) bond motifs is 1. The molecule has 2 aliphatic rings. The van der Waals surface area contributed by atoms with Gasteiger partial charge in [0.05, 0.1) is 10.6 Å². The summed E-state index contributed by atoms with van der Waals surface area (Å²) in [6.45, 7) is 1.98. The van der Waals surface area contributed by atoms with Crippen LogP contribution in [0, 0.1) is 5.82 Å². The number of hydrogen-bond donors (Lipinski definition) is 1. The van der Waals surface area contributed by atoms with Crippen LogP contribution in [0.5, 0.6) is 0 Å². The standard InChI is InChI=1S/C15H19ClFNO/c16-12-5-3-4-11(14(12)17)10-15(19)7-9-18-8-2-1-6-13(15)18/h3-5,13,19H,1-2,6-10H2. The topological polar surface area (TPSA) is 23.5 Å². The molecule has 0 aliphatic carbocycles. The average molecular weight is 284 g/mol. The van der Waals surface area contributed by atoms with Gasteiger partial charge in [-0.25, -0.2) is 4.39 Å². The first kappa shape index (κ1) is 13.3. The number of halogens is 2. The Morgan fingerprint density at radius 2 is 2.21 bits per heavy atom. The SMILES string of the molecule is OC1(Cc2cccc(Cl)c2F)CCN2CCCCC21. The summed E-state index contributed by atoms with van der Waals surface area (Å²) in [5, 5.41) is 11.0. The van der Waals surface area contributed by atoms with Gasteiger partial charge in [0.1, 0.15) is 5.82 Å². The quantitative estimate of drug-likeness (QED) is 0.902. The molecule has 0 bridgehead atoms. The fourth-order valence-electron chi connectivity index (χ4n) is 3.59. The first-order valence-electron chi connectivity index (χ1n) is 6.99. The van der Waals surface area contributed by atoms with Crippen LogP contribution >= 0.6 is 11.6 Å². The van der Waals surface area contributed by atoms with Crippen molar-refractivity contribution in [2.75, 3.05) is 13.1 Å². The molecule has 2 nitrogen and oxygen atoms in total. The van der Waals surface area contributed by atoms with E-state index in [0.29, 0.717) is 12.0 Å². The van der Waals surface area contributed by atoms with E-state index < -0.39 is 5.60 Å². The first-order chi connectivity index (χ1) is 9.10. The lowest BCUT2D eigenvalue weighted by molar-refractivity contribution is -0.00943. The molecule has 1 aromatic carbocycles. The average Bonchev–Trinajstić information content (AvgIpc) is 2.74. The second kappa shape index (κ2) is 5.04. The van der Waals surface area contributed by atoms with E-state index in [2.05, 4.69) is 4.90 Å². The third-order valence-corrected chi connectivity index (χ3v) is 4.89. The van der Waals surface area contributed by atoms with Crippen molar-refractivity contribution >= 4 is 11.6 Å². The van der Waals surface area contributed by atoms with Gasteiger partial charge in [0.2, 0.25) is 0 Å². The maximum absolute atomic E-state index is 14.0. The Morgan fingerprint density at radius 1 is 1.37 bits per heavy atom. The summed E-state index contributed by atoms with van der Waals surface area (Å²) in [4.78, 5) is 2.35. The lowest BCUT2D eigenvalue weighted by atomic mass is 9.83.